The summed E-state index contributed by atoms with van der Waals surface area (Å²) in [4.78, 5) is 51.5. The monoisotopic (exact) mass is 478 g/mol. The first kappa shape index (κ1) is 22.4. The molecule has 2 aromatic carbocycles. The van der Waals surface area contributed by atoms with E-state index in [1.807, 2.05) is 4.90 Å². The van der Waals surface area contributed by atoms with Gasteiger partial charge in [0, 0.05) is 44.1 Å². The maximum absolute atomic E-state index is 15.5. The Morgan fingerprint density at radius 2 is 1.66 bits per heavy atom. The molecule has 1 aliphatic heterocycles. The number of nitrogens with zero attached hydrogens (tertiary/aromatic N) is 5. The van der Waals surface area contributed by atoms with Crippen molar-refractivity contribution in [1.82, 2.24) is 24.4 Å². The maximum Gasteiger partial charge on any atom is 0.329 e. The minimum atomic E-state index is -1.04. The Labute approximate surface area is 197 Å². The molecule has 1 amide bonds. The number of hydrogen-bond donors (Lipinski definition) is 1. The van der Waals surface area contributed by atoms with Crippen molar-refractivity contribution >= 4 is 22.8 Å². The number of amides is 1. The zero-order chi connectivity index (χ0) is 24.5. The summed E-state index contributed by atoms with van der Waals surface area (Å²) < 4.78 is 31.3. The first-order valence-electron chi connectivity index (χ1n) is 10.9. The Bertz CT molecular complexity index is 1530. The van der Waals surface area contributed by atoms with Gasteiger partial charge in [-0.3, -0.25) is 19.1 Å². The van der Waals surface area contributed by atoms with E-state index in [1.165, 1.54) is 15.5 Å². The van der Waals surface area contributed by atoms with E-state index in [0.29, 0.717) is 24.6 Å². The van der Waals surface area contributed by atoms with E-state index in [-0.39, 0.29) is 30.6 Å². The van der Waals surface area contributed by atoms with Gasteiger partial charge in [0.2, 0.25) is 5.95 Å². The van der Waals surface area contributed by atoms with Crippen LogP contribution >= 0.6 is 0 Å². The summed E-state index contributed by atoms with van der Waals surface area (Å²) in [6.45, 7) is 1.02. The molecule has 35 heavy (non-hydrogen) atoms. The van der Waals surface area contributed by atoms with Crippen molar-refractivity contribution in [2.75, 3.05) is 31.1 Å². The normalized spacial score (nSPS) is 13.9. The number of carbonyl (C=O) groups excluding carboxylic acids is 1. The van der Waals surface area contributed by atoms with Crippen molar-refractivity contribution in [3.05, 3.63) is 98.5 Å². The van der Waals surface area contributed by atoms with Crippen molar-refractivity contribution in [2.24, 2.45) is 0 Å². The first-order chi connectivity index (χ1) is 16.9. The molecule has 0 bridgehead atoms. The molecule has 0 aliphatic carbocycles. The van der Waals surface area contributed by atoms with E-state index in [1.54, 1.807) is 42.7 Å². The lowest BCUT2D eigenvalue weighted by atomic mass is 10.1. The molecule has 1 N–H and O–H groups in total. The Balaban J connectivity index is 1.43. The average molecular weight is 478 g/mol. The summed E-state index contributed by atoms with van der Waals surface area (Å²) in [7, 11) is 0. The standard InChI is InChI=1S/C24H20F2N6O3/c25-17-7-6-15(14-32-18-5-2-1-4-16(18)21(33)29-24(32)35)20(26)19(17)22(34)30-10-12-31(13-11-30)23-27-8-3-9-28-23/h1-9H,10-14H2,(H,29,33,35). The second-order valence-corrected chi connectivity index (χ2v) is 8.09. The van der Waals surface area contributed by atoms with Gasteiger partial charge in [-0.1, -0.05) is 18.2 Å². The number of hydrogen-bond acceptors (Lipinski definition) is 6. The van der Waals surface area contributed by atoms with Crippen LogP contribution in [0.25, 0.3) is 10.9 Å². The van der Waals surface area contributed by atoms with Gasteiger partial charge in [0.25, 0.3) is 11.5 Å². The van der Waals surface area contributed by atoms with Crippen LogP contribution in [0.15, 0.2) is 64.4 Å². The van der Waals surface area contributed by atoms with Gasteiger partial charge in [0.15, 0.2) is 0 Å². The molecule has 4 aromatic rings. The fourth-order valence-electron chi connectivity index (χ4n) is 4.21. The summed E-state index contributed by atoms with van der Waals surface area (Å²) in [6, 6.07) is 10.3. The molecule has 3 heterocycles. The molecular formula is C24H20F2N6O3. The molecule has 0 spiro atoms. The van der Waals surface area contributed by atoms with E-state index in [0.717, 1.165) is 6.07 Å². The van der Waals surface area contributed by atoms with Crippen LogP contribution in [0, 0.1) is 11.6 Å². The fourth-order valence-corrected chi connectivity index (χ4v) is 4.21. The van der Waals surface area contributed by atoms with E-state index in [4.69, 9.17) is 0 Å². The van der Waals surface area contributed by atoms with Crippen LogP contribution < -0.4 is 16.1 Å². The lowest BCUT2D eigenvalue weighted by molar-refractivity contribution is 0.0736. The van der Waals surface area contributed by atoms with Crippen molar-refractivity contribution < 1.29 is 13.6 Å². The van der Waals surface area contributed by atoms with Crippen LogP contribution in [0.5, 0.6) is 0 Å². The molecule has 2 aromatic heterocycles. The van der Waals surface area contributed by atoms with Crippen LogP contribution in [0.2, 0.25) is 0 Å². The highest BCUT2D eigenvalue weighted by Gasteiger charge is 2.29. The summed E-state index contributed by atoms with van der Waals surface area (Å²) in [5.41, 5.74) is -1.71. The van der Waals surface area contributed by atoms with Crippen molar-refractivity contribution in [2.45, 2.75) is 6.54 Å². The van der Waals surface area contributed by atoms with Gasteiger partial charge in [-0.15, -0.1) is 0 Å². The number of halogens is 2. The maximum atomic E-state index is 15.5. The van der Waals surface area contributed by atoms with Crippen LogP contribution in [0.4, 0.5) is 14.7 Å². The van der Waals surface area contributed by atoms with Gasteiger partial charge in [0.05, 0.1) is 17.4 Å². The number of fused-ring (bicyclic) bond motifs is 1. The Hall–Kier alpha value is -4.41. The molecule has 1 fully saturated rings. The molecule has 0 unspecified atom stereocenters. The van der Waals surface area contributed by atoms with Gasteiger partial charge in [-0.25, -0.2) is 23.5 Å². The topological polar surface area (TPSA) is 104 Å². The smallest absolute Gasteiger partial charge is 0.329 e. The zero-order valence-electron chi connectivity index (χ0n) is 18.4. The number of aromatic amines is 1. The quantitative estimate of drug-likeness (QED) is 0.480. The fraction of sp³-hybridized carbons (Fsp3) is 0.208. The van der Waals surface area contributed by atoms with Gasteiger partial charge < -0.3 is 9.80 Å². The highest BCUT2D eigenvalue weighted by atomic mass is 19.1. The predicted molar refractivity (Wildman–Crippen MR) is 124 cm³/mol. The zero-order valence-corrected chi connectivity index (χ0v) is 18.4. The van der Waals surface area contributed by atoms with Crippen molar-refractivity contribution in [1.29, 1.82) is 0 Å². The van der Waals surface area contributed by atoms with Gasteiger partial charge in [-0.2, -0.15) is 0 Å². The molecule has 1 aliphatic rings. The van der Waals surface area contributed by atoms with Gasteiger partial charge in [0.1, 0.15) is 17.2 Å². The third-order valence-corrected chi connectivity index (χ3v) is 6.02. The number of aromatic nitrogens is 4. The Morgan fingerprint density at radius 3 is 2.40 bits per heavy atom. The number of nitrogens with one attached hydrogen (secondary N) is 1. The molecule has 0 saturated carbocycles. The number of benzene rings is 2. The number of rotatable bonds is 4. The van der Waals surface area contributed by atoms with Gasteiger partial charge >= 0.3 is 5.69 Å². The molecule has 11 heteroatoms. The summed E-state index contributed by atoms with van der Waals surface area (Å²) in [5.74, 6) is -2.26. The largest absolute Gasteiger partial charge is 0.337 e. The van der Waals surface area contributed by atoms with Crippen LogP contribution in [-0.4, -0.2) is 56.5 Å². The number of carbonyl (C=O) groups is 1. The minimum absolute atomic E-state index is 0.0506. The highest BCUT2D eigenvalue weighted by molar-refractivity contribution is 5.95. The number of para-hydroxylation sites is 1. The summed E-state index contributed by atoms with van der Waals surface area (Å²) in [6.07, 6.45) is 3.24. The summed E-state index contributed by atoms with van der Waals surface area (Å²) >= 11 is 0. The van der Waals surface area contributed by atoms with Gasteiger partial charge in [-0.05, 0) is 24.3 Å². The van der Waals surface area contributed by atoms with E-state index in [2.05, 4.69) is 15.0 Å². The first-order valence-corrected chi connectivity index (χ1v) is 10.9. The highest BCUT2D eigenvalue weighted by Crippen LogP contribution is 2.22. The third kappa shape index (κ3) is 4.16. The molecule has 1 saturated heterocycles. The van der Waals surface area contributed by atoms with Crippen LogP contribution in [-0.2, 0) is 6.54 Å². The minimum Gasteiger partial charge on any atom is -0.337 e. The van der Waals surface area contributed by atoms with E-state index in [9.17, 15) is 18.8 Å². The lowest BCUT2D eigenvalue weighted by Crippen LogP contribution is -2.49. The second kappa shape index (κ2) is 9.09. The number of H-pyrrole nitrogens is 1. The van der Waals surface area contributed by atoms with Crippen LogP contribution in [0.1, 0.15) is 15.9 Å². The van der Waals surface area contributed by atoms with Crippen LogP contribution in [0.3, 0.4) is 0 Å². The summed E-state index contributed by atoms with van der Waals surface area (Å²) in [5, 5.41) is 0.256. The predicted octanol–water partition coefficient (Wildman–Crippen LogP) is 1.77. The molecule has 5 rings (SSSR count). The molecule has 0 atom stereocenters. The molecule has 9 nitrogen and oxygen atoms in total. The van der Waals surface area contributed by atoms with E-state index >= 15 is 4.39 Å². The third-order valence-electron chi connectivity index (χ3n) is 6.02. The Morgan fingerprint density at radius 1 is 0.943 bits per heavy atom. The SMILES string of the molecule is O=C(c1c(F)ccc(Cn2c(=O)[nH]c(=O)c3ccccc32)c1F)N1CCN(c2ncccn2)CC1. The number of anilines is 1. The molecular weight excluding hydrogens is 458 g/mol. The number of piperazine rings is 1. The molecule has 0 radical (unpaired) electrons. The van der Waals surface area contributed by atoms with Crippen molar-refractivity contribution in [3.8, 4) is 0 Å². The van der Waals surface area contributed by atoms with E-state index < -0.39 is 34.4 Å². The Kier molecular flexibility index (Phi) is 5.81. The molecule has 178 valence electrons. The second-order valence-electron chi connectivity index (χ2n) is 8.09. The average Bonchev–Trinajstić information content (AvgIpc) is 2.88. The lowest BCUT2D eigenvalue weighted by Gasteiger charge is -2.34. The van der Waals surface area contributed by atoms with Crippen molar-refractivity contribution in [3.63, 3.8) is 0 Å².